The van der Waals surface area contributed by atoms with Crippen LogP contribution in [0.2, 0.25) is 0 Å². The second-order valence-electron chi connectivity index (χ2n) is 9.77. The highest BCUT2D eigenvalue weighted by Gasteiger charge is 2.49. The van der Waals surface area contributed by atoms with Crippen LogP contribution in [0.1, 0.15) is 44.1 Å². The number of piperidine rings is 1. The molecule has 2 heterocycles. The Labute approximate surface area is 211 Å². The Morgan fingerprint density at radius 1 is 1.14 bits per heavy atom. The van der Waals surface area contributed by atoms with Gasteiger partial charge in [-0.1, -0.05) is 0 Å². The fourth-order valence-electron chi connectivity index (χ4n) is 4.73. The average molecular weight is 510 g/mol. The summed E-state index contributed by atoms with van der Waals surface area (Å²) in [6.07, 6.45) is 2.21. The highest BCUT2D eigenvalue weighted by molar-refractivity contribution is 5.93. The Morgan fingerprint density at radius 3 is 2.62 bits per heavy atom. The van der Waals surface area contributed by atoms with Crippen molar-refractivity contribution < 1.29 is 27.9 Å². The molecule has 1 aromatic carbocycles. The number of alkyl halides is 2. The monoisotopic (exact) mass is 509 g/mol. The van der Waals surface area contributed by atoms with E-state index in [4.69, 9.17) is 4.74 Å². The molecule has 2 amide bonds. The second kappa shape index (κ2) is 9.84. The van der Waals surface area contributed by atoms with Gasteiger partial charge in [0.1, 0.15) is 29.7 Å². The molecule has 0 bridgehead atoms. The average Bonchev–Trinajstić information content (AvgIpc) is 3.65. The molecular formula is C26H25F2N5O4. The number of amides is 2. The standard InChI is InChI=1S/C26H25F2N5O4/c27-26(28)13-33(25(36)17-3-5-19(34)10-17)8-7-22(26)37-21-6-4-16(9-18(21)12-29)20-11-23(31-14-30-20)32-24(35)15-1-2-15/h4,6,9,11,14-15,17,22H,1-3,5,7-8,10,13H2,(H,30,31,32,35)/t17?,22-/m0/s1. The highest BCUT2D eigenvalue weighted by Crippen LogP contribution is 2.35. The summed E-state index contributed by atoms with van der Waals surface area (Å²) in [5.74, 6) is -4.03. The fraction of sp³-hybridized carbons (Fsp3) is 0.462. The quantitative estimate of drug-likeness (QED) is 0.633. The predicted octanol–water partition coefficient (Wildman–Crippen LogP) is 3.35. The van der Waals surface area contributed by atoms with Gasteiger partial charge in [0.2, 0.25) is 11.8 Å². The SMILES string of the molecule is N#Cc1cc(-c2cc(NC(=O)C3CC3)ncn2)ccc1O[C@H]1CCN(C(=O)C2CCC(=O)C2)CC1(F)F. The molecule has 0 radical (unpaired) electrons. The molecule has 1 aliphatic heterocycles. The van der Waals surface area contributed by atoms with Crippen molar-refractivity contribution in [2.75, 3.05) is 18.4 Å². The first kappa shape index (κ1) is 24.7. The highest BCUT2D eigenvalue weighted by atomic mass is 19.3. The zero-order chi connectivity index (χ0) is 26.2. The van der Waals surface area contributed by atoms with Gasteiger partial charge in [-0.05, 0) is 37.5 Å². The summed E-state index contributed by atoms with van der Waals surface area (Å²) in [4.78, 5) is 45.5. The molecule has 9 nitrogen and oxygen atoms in total. The number of halogens is 2. The normalized spacial score (nSPS) is 22.8. The molecule has 2 aromatic rings. The van der Waals surface area contributed by atoms with Crippen LogP contribution in [0.4, 0.5) is 14.6 Å². The number of nitrogens with one attached hydrogen (secondary N) is 1. The minimum Gasteiger partial charge on any atom is -0.483 e. The van der Waals surface area contributed by atoms with E-state index in [0.717, 1.165) is 17.7 Å². The number of anilines is 1. The molecular weight excluding hydrogens is 484 g/mol. The van der Waals surface area contributed by atoms with Gasteiger partial charge in [-0.3, -0.25) is 14.4 Å². The first-order valence-electron chi connectivity index (χ1n) is 12.3. The molecule has 1 unspecified atom stereocenters. The predicted molar refractivity (Wildman–Crippen MR) is 126 cm³/mol. The number of likely N-dealkylation sites (tertiary alicyclic amines) is 1. The van der Waals surface area contributed by atoms with Crippen molar-refractivity contribution in [1.29, 1.82) is 5.26 Å². The van der Waals surface area contributed by atoms with Crippen LogP contribution < -0.4 is 10.1 Å². The van der Waals surface area contributed by atoms with Crippen molar-refractivity contribution in [2.45, 2.75) is 50.6 Å². The summed E-state index contributed by atoms with van der Waals surface area (Å²) in [5.41, 5.74) is 1.04. The molecule has 3 aliphatic rings. The van der Waals surface area contributed by atoms with Crippen molar-refractivity contribution in [2.24, 2.45) is 11.8 Å². The molecule has 1 saturated heterocycles. The van der Waals surface area contributed by atoms with Gasteiger partial charge >= 0.3 is 5.92 Å². The van der Waals surface area contributed by atoms with Gasteiger partial charge < -0.3 is 15.0 Å². The van der Waals surface area contributed by atoms with Crippen LogP contribution in [0.25, 0.3) is 11.3 Å². The Balaban J connectivity index is 1.27. The number of hydrogen-bond donors (Lipinski definition) is 1. The lowest BCUT2D eigenvalue weighted by molar-refractivity contribution is -0.163. The Hall–Kier alpha value is -3.94. The molecule has 2 aliphatic carbocycles. The maximum Gasteiger partial charge on any atom is 0.301 e. The Bertz CT molecular complexity index is 1290. The van der Waals surface area contributed by atoms with E-state index in [2.05, 4.69) is 15.3 Å². The molecule has 3 fully saturated rings. The summed E-state index contributed by atoms with van der Waals surface area (Å²) in [7, 11) is 0. The number of carbonyl (C=O) groups excluding carboxylic acids is 3. The number of Topliss-reactive ketones (excluding diaryl/α,β-unsaturated/α-hetero) is 1. The number of nitriles is 1. The summed E-state index contributed by atoms with van der Waals surface area (Å²) in [6.45, 7) is -0.711. The van der Waals surface area contributed by atoms with Gasteiger partial charge in [-0.25, -0.2) is 18.7 Å². The third-order valence-corrected chi connectivity index (χ3v) is 6.97. The summed E-state index contributed by atoms with van der Waals surface area (Å²) < 4.78 is 35.6. The number of carbonyl (C=O) groups is 3. The molecule has 37 heavy (non-hydrogen) atoms. The van der Waals surface area contributed by atoms with E-state index in [1.807, 2.05) is 6.07 Å². The second-order valence-corrected chi connectivity index (χ2v) is 9.77. The molecule has 5 rings (SSSR count). The van der Waals surface area contributed by atoms with E-state index in [9.17, 15) is 28.4 Å². The number of benzene rings is 1. The van der Waals surface area contributed by atoms with Crippen LogP contribution in [-0.4, -0.2) is 57.6 Å². The zero-order valence-electron chi connectivity index (χ0n) is 20.0. The van der Waals surface area contributed by atoms with Crippen LogP contribution in [0.5, 0.6) is 5.75 Å². The van der Waals surface area contributed by atoms with Crippen LogP contribution in [0.3, 0.4) is 0 Å². The maximum absolute atomic E-state index is 15.0. The molecule has 1 aromatic heterocycles. The van der Waals surface area contributed by atoms with Gasteiger partial charge in [0.05, 0.1) is 17.8 Å². The van der Waals surface area contributed by atoms with E-state index in [0.29, 0.717) is 29.9 Å². The van der Waals surface area contributed by atoms with Crippen LogP contribution >= 0.6 is 0 Å². The lowest BCUT2D eigenvalue weighted by Crippen LogP contribution is -2.56. The smallest absolute Gasteiger partial charge is 0.301 e. The molecule has 2 saturated carbocycles. The van der Waals surface area contributed by atoms with Crippen LogP contribution in [-0.2, 0) is 14.4 Å². The Morgan fingerprint density at radius 2 is 1.95 bits per heavy atom. The van der Waals surface area contributed by atoms with Crippen LogP contribution in [0, 0.1) is 23.2 Å². The first-order chi connectivity index (χ1) is 17.7. The number of ketones is 1. The first-order valence-corrected chi connectivity index (χ1v) is 12.3. The van der Waals surface area contributed by atoms with E-state index in [-0.39, 0.29) is 48.3 Å². The lowest BCUT2D eigenvalue weighted by Gasteiger charge is -2.39. The minimum atomic E-state index is -3.33. The zero-order valence-corrected chi connectivity index (χ0v) is 20.0. The van der Waals surface area contributed by atoms with Crippen molar-refractivity contribution in [3.63, 3.8) is 0 Å². The number of hydrogen-bond acceptors (Lipinski definition) is 7. The van der Waals surface area contributed by atoms with Crippen molar-refractivity contribution >= 4 is 23.4 Å². The fourth-order valence-corrected chi connectivity index (χ4v) is 4.73. The Kier molecular flexibility index (Phi) is 6.58. The number of nitrogens with zero attached hydrogens (tertiary/aromatic N) is 4. The van der Waals surface area contributed by atoms with E-state index in [1.54, 1.807) is 12.1 Å². The molecule has 11 heteroatoms. The van der Waals surface area contributed by atoms with Crippen molar-refractivity contribution in [1.82, 2.24) is 14.9 Å². The maximum atomic E-state index is 15.0. The van der Waals surface area contributed by atoms with Crippen molar-refractivity contribution in [3.8, 4) is 23.1 Å². The third kappa shape index (κ3) is 5.43. The third-order valence-electron chi connectivity index (χ3n) is 6.97. The van der Waals surface area contributed by atoms with Crippen molar-refractivity contribution in [3.05, 3.63) is 36.2 Å². The topological polar surface area (TPSA) is 125 Å². The molecule has 0 spiro atoms. The summed E-state index contributed by atoms with van der Waals surface area (Å²) >= 11 is 0. The largest absolute Gasteiger partial charge is 0.483 e. The van der Waals surface area contributed by atoms with Gasteiger partial charge in [-0.15, -0.1) is 0 Å². The van der Waals surface area contributed by atoms with Gasteiger partial charge in [0.15, 0.2) is 6.10 Å². The summed E-state index contributed by atoms with van der Waals surface area (Å²) in [6, 6.07) is 8.08. The number of rotatable bonds is 6. The number of ether oxygens (including phenoxy) is 1. The minimum absolute atomic E-state index is 0.00778. The summed E-state index contributed by atoms with van der Waals surface area (Å²) in [5, 5.41) is 12.4. The van der Waals surface area contributed by atoms with Gasteiger partial charge in [-0.2, -0.15) is 5.26 Å². The number of aromatic nitrogens is 2. The van der Waals surface area contributed by atoms with Gasteiger partial charge in [0.25, 0.3) is 0 Å². The van der Waals surface area contributed by atoms with E-state index < -0.39 is 30.4 Å². The van der Waals surface area contributed by atoms with E-state index >= 15 is 0 Å². The molecule has 192 valence electrons. The van der Waals surface area contributed by atoms with Gasteiger partial charge in [0, 0.05) is 49.3 Å². The van der Waals surface area contributed by atoms with E-state index in [1.165, 1.54) is 18.5 Å². The molecule has 1 N–H and O–H groups in total. The molecule has 2 atom stereocenters. The lowest BCUT2D eigenvalue weighted by atomic mass is 9.99. The van der Waals surface area contributed by atoms with Crippen LogP contribution in [0.15, 0.2) is 30.6 Å².